The lowest BCUT2D eigenvalue weighted by atomic mass is 10.0. The van der Waals surface area contributed by atoms with Crippen molar-refractivity contribution >= 4 is 52.2 Å². The van der Waals surface area contributed by atoms with Crippen molar-refractivity contribution < 1.29 is 23.6 Å². The number of amides is 3. The van der Waals surface area contributed by atoms with Crippen LogP contribution < -0.4 is 15.1 Å². The molecular weight excluding hydrogens is 571 g/mol. The maximum absolute atomic E-state index is 14.1. The molecule has 0 aromatic heterocycles. The Morgan fingerprint density at radius 1 is 0.884 bits per heavy atom. The third-order valence-electron chi connectivity index (χ3n) is 7.16. The Balaban J connectivity index is 1.53. The summed E-state index contributed by atoms with van der Waals surface area (Å²) in [5, 5.41) is 3.34. The Morgan fingerprint density at radius 3 is 2.19 bits per heavy atom. The van der Waals surface area contributed by atoms with Gasteiger partial charge in [-0.3, -0.25) is 24.1 Å². The number of para-hydroxylation sites is 1. The molecule has 0 radical (unpaired) electrons. The SMILES string of the molecule is CN(C)c1ccc(NC(=O)[C@H](c2ccc(Cl)cc2)N(Cc2ccc(F)cc2)C(=O)CN2C(=O)C(=O)c3ccccc32)cc1. The second-order valence-corrected chi connectivity index (χ2v) is 10.7. The Bertz CT molecular complexity index is 1670. The van der Waals surface area contributed by atoms with E-state index in [9.17, 15) is 23.6 Å². The molecule has 10 heteroatoms. The fraction of sp³-hybridized carbons (Fsp3) is 0.152. The first-order valence-corrected chi connectivity index (χ1v) is 13.8. The average molecular weight is 599 g/mol. The first kappa shape index (κ1) is 29.5. The number of nitrogens with zero attached hydrogens (tertiary/aromatic N) is 3. The number of Topliss-reactive ketones (excluding diaryl/α,β-unsaturated/α-hetero) is 1. The fourth-order valence-electron chi connectivity index (χ4n) is 4.91. The summed E-state index contributed by atoms with van der Waals surface area (Å²) in [6.45, 7) is -0.575. The van der Waals surface area contributed by atoms with Crippen LogP contribution in [0.1, 0.15) is 27.5 Å². The summed E-state index contributed by atoms with van der Waals surface area (Å²) in [4.78, 5) is 58.0. The van der Waals surface area contributed by atoms with Gasteiger partial charge in [0.05, 0.1) is 11.3 Å². The van der Waals surface area contributed by atoms with Gasteiger partial charge in [0.2, 0.25) is 5.91 Å². The van der Waals surface area contributed by atoms with Crippen molar-refractivity contribution in [2.75, 3.05) is 35.8 Å². The zero-order chi connectivity index (χ0) is 30.7. The van der Waals surface area contributed by atoms with Gasteiger partial charge in [0.25, 0.3) is 17.6 Å². The van der Waals surface area contributed by atoms with Gasteiger partial charge in [0, 0.05) is 37.0 Å². The summed E-state index contributed by atoms with van der Waals surface area (Å²) in [6, 6.07) is 24.6. The van der Waals surface area contributed by atoms with Gasteiger partial charge in [0.15, 0.2) is 0 Å². The molecule has 5 rings (SSSR count). The van der Waals surface area contributed by atoms with Gasteiger partial charge in [0.1, 0.15) is 18.4 Å². The number of rotatable bonds is 9. The van der Waals surface area contributed by atoms with E-state index in [2.05, 4.69) is 5.32 Å². The lowest BCUT2D eigenvalue weighted by Gasteiger charge is -2.33. The highest BCUT2D eigenvalue weighted by atomic mass is 35.5. The quantitative estimate of drug-likeness (QED) is 0.258. The summed E-state index contributed by atoms with van der Waals surface area (Å²) in [7, 11) is 3.81. The topological polar surface area (TPSA) is 90.0 Å². The van der Waals surface area contributed by atoms with E-state index < -0.39 is 41.9 Å². The molecule has 4 aromatic rings. The highest BCUT2D eigenvalue weighted by Gasteiger charge is 2.39. The van der Waals surface area contributed by atoms with Crippen LogP contribution in [-0.4, -0.2) is 49.0 Å². The molecule has 1 atom stereocenters. The number of anilines is 3. The minimum Gasteiger partial charge on any atom is -0.378 e. The van der Waals surface area contributed by atoms with Gasteiger partial charge in [-0.1, -0.05) is 48.0 Å². The normalized spacial score (nSPS) is 13.0. The molecule has 1 aliphatic rings. The first-order valence-electron chi connectivity index (χ1n) is 13.4. The Hall–Kier alpha value is -5.02. The van der Waals surface area contributed by atoms with Gasteiger partial charge >= 0.3 is 0 Å². The van der Waals surface area contributed by atoms with E-state index in [1.165, 1.54) is 35.2 Å². The summed E-state index contributed by atoms with van der Waals surface area (Å²) in [5.74, 6) is -3.10. The summed E-state index contributed by atoms with van der Waals surface area (Å²) < 4.78 is 13.7. The second-order valence-electron chi connectivity index (χ2n) is 10.3. The molecule has 1 N–H and O–H groups in total. The molecule has 218 valence electrons. The molecule has 8 nitrogen and oxygen atoms in total. The van der Waals surface area contributed by atoms with E-state index >= 15 is 0 Å². The third kappa shape index (κ3) is 6.42. The molecular formula is C33H28ClFN4O4. The van der Waals surface area contributed by atoms with Gasteiger partial charge in [-0.05, 0) is 71.8 Å². The number of benzene rings is 4. The van der Waals surface area contributed by atoms with E-state index in [0.717, 1.165) is 10.6 Å². The summed E-state index contributed by atoms with van der Waals surface area (Å²) in [6.07, 6.45) is 0. The van der Waals surface area contributed by atoms with Crippen LogP contribution in [0.3, 0.4) is 0 Å². The number of hydrogen-bond acceptors (Lipinski definition) is 5. The zero-order valence-corrected chi connectivity index (χ0v) is 24.2. The van der Waals surface area contributed by atoms with Crippen LogP contribution in [-0.2, 0) is 20.9 Å². The number of halogens is 2. The maximum atomic E-state index is 14.1. The van der Waals surface area contributed by atoms with Crippen LogP contribution in [0.5, 0.6) is 0 Å². The summed E-state index contributed by atoms with van der Waals surface area (Å²) >= 11 is 6.15. The molecule has 0 aliphatic carbocycles. The molecule has 3 amide bonds. The van der Waals surface area contributed by atoms with Crippen molar-refractivity contribution in [3.63, 3.8) is 0 Å². The average Bonchev–Trinajstić information content (AvgIpc) is 3.23. The summed E-state index contributed by atoms with van der Waals surface area (Å²) in [5.41, 5.74) is 3.00. The standard InChI is InChI=1S/C33H28ClFN4O4/c1-37(2)26-17-15-25(16-18-26)36-32(42)30(22-9-11-23(34)12-10-22)39(19-21-7-13-24(35)14-8-21)29(40)20-38-28-6-4-3-5-27(28)31(41)33(38)43/h3-18,30H,19-20H2,1-2H3,(H,36,42)/t30-/m0/s1. The van der Waals surface area contributed by atoms with Crippen molar-refractivity contribution in [2.45, 2.75) is 12.6 Å². The minimum absolute atomic E-state index is 0.0863. The molecule has 0 saturated heterocycles. The van der Waals surface area contributed by atoms with E-state index in [4.69, 9.17) is 11.6 Å². The minimum atomic E-state index is -1.17. The first-order chi connectivity index (χ1) is 20.6. The Labute approximate surface area is 253 Å². The molecule has 4 aromatic carbocycles. The van der Waals surface area contributed by atoms with Crippen LogP contribution in [0.25, 0.3) is 0 Å². The second kappa shape index (κ2) is 12.5. The molecule has 1 heterocycles. The number of ketones is 1. The van der Waals surface area contributed by atoms with Crippen molar-refractivity contribution in [2.24, 2.45) is 0 Å². The van der Waals surface area contributed by atoms with E-state index in [0.29, 0.717) is 27.5 Å². The predicted octanol–water partition coefficient (Wildman–Crippen LogP) is 5.48. The monoisotopic (exact) mass is 598 g/mol. The Kier molecular flexibility index (Phi) is 8.54. The van der Waals surface area contributed by atoms with E-state index in [1.54, 1.807) is 54.6 Å². The molecule has 1 aliphatic heterocycles. The van der Waals surface area contributed by atoms with Crippen molar-refractivity contribution in [3.05, 3.63) is 125 Å². The van der Waals surface area contributed by atoms with Crippen LogP contribution in [0.2, 0.25) is 5.02 Å². The number of carbonyl (C=O) groups excluding carboxylic acids is 4. The largest absolute Gasteiger partial charge is 0.378 e. The smallest absolute Gasteiger partial charge is 0.299 e. The van der Waals surface area contributed by atoms with Crippen LogP contribution >= 0.6 is 11.6 Å². The number of hydrogen-bond donors (Lipinski definition) is 1. The van der Waals surface area contributed by atoms with Gasteiger partial charge < -0.3 is 15.1 Å². The van der Waals surface area contributed by atoms with Crippen molar-refractivity contribution in [1.82, 2.24) is 4.90 Å². The molecule has 0 bridgehead atoms. The van der Waals surface area contributed by atoms with Gasteiger partial charge in [-0.15, -0.1) is 0 Å². The van der Waals surface area contributed by atoms with Gasteiger partial charge in [-0.25, -0.2) is 4.39 Å². The highest BCUT2D eigenvalue weighted by Crippen LogP contribution is 2.31. The van der Waals surface area contributed by atoms with E-state index in [1.807, 2.05) is 31.1 Å². The van der Waals surface area contributed by atoms with Crippen molar-refractivity contribution in [1.29, 1.82) is 0 Å². The number of fused-ring (bicyclic) bond motifs is 1. The van der Waals surface area contributed by atoms with Crippen LogP contribution in [0.15, 0.2) is 97.1 Å². The number of carbonyl (C=O) groups is 4. The molecule has 0 spiro atoms. The Morgan fingerprint density at radius 2 is 1.53 bits per heavy atom. The molecule has 0 unspecified atom stereocenters. The number of nitrogens with one attached hydrogen (secondary N) is 1. The molecule has 0 fully saturated rings. The van der Waals surface area contributed by atoms with Gasteiger partial charge in [-0.2, -0.15) is 0 Å². The fourth-order valence-corrected chi connectivity index (χ4v) is 5.04. The molecule has 43 heavy (non-hydrogen) atoms. The zero-order valence-electron chi connectivity index (χ0n) is 23.5. The predicted molar refractivity (Wildman–Crippen MR) is 164 cm³/mol. The van der Waals surface area contributed by atoms with Crippen LogP contribution in [0.4, 0.5) is 21.5 Å². The molecule has 0 saturated carbocycles. The van der Waals surface area contributed by atoms with E-state index in [-0.39, 0.29) is 12.1 Å². The lowest BCUT2D eigenvalue weighted by molar-refractivity contribution is -0.139. The lowest BCUT2D eigenvalue weighted by Crippen LogP contribution is -2.46. The maximum Gasteiger partial charge on any atom is 0.299 e. The van der Waals surface area contributed by atoms with Crippen LogP contribution in [0, 0.1) is 5.82 Å². The van der Waals surface area contributed by atoms with Crippen molar-refractivity contribution in [3.8, 4) is 0 Å². The third-order valence-corrected chi connectivity index (χ3v) is 7.41. The highest BCUT2D eigenvalue weighted by molar-refractivity contribution is 6.52.